The quantitative estimate of drug-likeness (QED) is 0.723. The van der Waals surface area contributed by atoms with Crippen molar-refractivity contribution in [1.82, 2.24) is 15.1 Å². The summed E-state index contributed by atoms with van der Waals surface area (Å²) in [5.74, 6) is 0. The van der Waals surface area contributed by atoms with Crippen LogP contribution in [0.3, 0.4) is 0 Å². The Morgan fingerprint density at radius 3 is 2.40 bits per heavy atom. The van der Waals surface area contributed by atoms with Crippen LogP contribution in [0.15, 0.2) is 0 Å². The van der Waals surface area contributed by atoms with Crippen LogP contribution < -0.4 is 5.32 Å². The fourth-order valence-electron chi connectivity index (χ4n) is 2.65. The molecule has 2 fully saturated rings. The maximum Gasteiger partial charge on any atom is 0.0167 e. The normalized spacial score (nSPS) is 31.2. The number of piperazine rings is 1. The van der Waals surface area contributed by atoms with Gasteiger partial charge in [-0.25, -0.2) is 0 Å². The molecule has 2 saturated heterocycles. The summed E-state index contributed by atoms with van der Waals surface area (Å²) in [4.78, 5) is 5.14. The van der Waals surface area contributed by atoms with Crippen molar-refractivity contribution in [3.05, 3.63) is 0 Å². The predicted molar refractivity (Wildman–Crippen MR) is 66.8 cm³/mol. The highest BCUT2D eigenvalue weighted by molar-refractivity contribution is 5.85. The Morgan fingerprint density at radius 1 is 1.13 bits per heavy atom. The third kappa shape index (κ3) is 3.59. The van der Waals surface area contributed by atoms with Gasteiger partial charge in [-0.2, -0.15) is 0 Å². The molecule has 0 bridgehead atoms. The van der Waals surface area contributed by atoms with Gasteiger partial charge in [0.15, 0.2) is 0 Å². The maximum absolute atomic E-state index is 3.51. The number of rotatable bonds is 1. The molecule has 1 N–H and O–H groups in total. The van der Waals surface area contributed by atoms with Crippen molar-refractivity contribution in [3.8, 4) is 0 Å². The van der Waals surface area contributed by atoms with Crippen molar-refractivity contribution in [2.45, 2.75) is 31.8 Å². The number of likely N-dealkylation sites (tertiary alicyclic amines) is 1. The zero-order chi connectivity index (χ0) is 9.97. The van der Waals surface area contributed by atoms with Gasteiger partial charge in [0.25, 0.3) is 0 Å². The van der Waals surface area contributed by atoms with Gasteiger partial charge >= 0.3 is 0 Å². The van der Waals surface area contributed by atoms with Crippen LogP contribution in [0.5, 0.6) is 0 Å². The van der Waals surface area contributed by atoms with E-state index in [0.717, 1.165) is 6.04 Å². The zero-order valence-electron chi connectivity index (χ0n) is 9.91. The maximum atomic E-state index is 3.51. The molecule has 0 saturated carbocycles. The van der Waals surface area contributed by atoms with Gasteiger partial charge in [0.1, 0.15) is 0 Å². The summed E-state index contributed by atoms with van der Waals surface area (Å²) in [7, 11) is 2.23. The summed E-state index contributed by atoms with van der Waals surface area (Å²) in [6.07, 6.45) is 2.73. The lowest BCUT2D eigenvalue weighted by molar-refractivity contribution is 0.0950. The Hall–Kier alpha value is 0.170. The summed E-state index contributed by atoms with van der Waals surface area (Å²) in [6, 6.07) is 1.54. The summed E-state index contributed by atoms with van der Waals surface area (Å²) < 4.78 is 0. The molecule has 0 spiro atoms. The standard InChI is InChI=1S/C11H23N3.ClH/c1-10-9-14(8-5-12-10)11-3-6-13(2)7-4-11;/h10-12H,3-9H2,1-2H3;1H/t10-;/m0./s1. The minimum Gasteiger partial charge on any atom is -0.312 e. The first-order chi connectivity index (χ1) is 6.75. The average Bonchev–Trinajstić information content (AvgIpc) is 2.19. The molecule has 1 atom stereocenters. The van der Waals surface area contributed by atoms with Crippen LogP contribution in [-0.4, -0.2) is 61.7 Å². The van der Waals surface area contributed by atoms with Crippen molar-refractivity contribution in [2.75, 3.05) is 39.8 Å². The second kappa shape index (κ2) is 6.04. The molecule has 0 aromatic heterocycles. The van der Waals surface area contributed by atoms with Crippen LogP contribution in [0.1, 0.15) is 19.8 Å². The molecule has 2 aliphatic heterocycles. The summed E-state index contributed by atoms with van der Waals surface area (Å²) in [5.41, 5.74) is 0. The Labute approximate surface area is 99.6 Å². The smallest absolute Gasteiger partial charge is 0.0167 e. The van der Waals surface area contributed by atoms with E-state index in [9.17, 15) is 0 Å². The van der Waals surface area contributed by atoms with E-state index in [2.05, 4.69) is 29.1 Å². The first-order valence-electron chi connectivity index (χ1n) is 5.91. The molecule has 2 heterocycles. The molecule has 3 nitrogen and oxygen atoms in total. The summed E-state index contributed by atoms with van der Waals surface area (Å²) in [6.45, 7) is 8.52. The van der Waals surface area contributed by atoms with Gasteiger partial charge in [0, 0.05) is 31.7 Å². The number of piperidine rings is 1. The van der Waals surface area contributed by atoms with Crippen molar-refractivity contribution < 1.29 is 0 Å². The van der Waals surface area contributed by atoms with Gasteiger partial charge in [0.05, 0.1) is 0 Å². The van der Waals surface area contributed by atoms with E-state index >= 15 is 0 Å². The Kier molecular flexibility index (Phi) is 5.33. The molecule has 90 valence electrons. The molecule has 2 rings (SSSR count). The molecule has 0 amide bonds. The molecule has 15 heavy (non-hydrogen) atoms. The van der Waals surface area contributed by atoms with Gasteiger partial charge in [-0.1, -0.05) is 0 Å². The first-order valence-corrected chi connectivity index (χ1v) is 5.91. The molecule has 0 aliphatic carbocycles. The van der Waals surface area contributed by atoms with Crippen molar-refractivity contribution in [3.63, 3.8) is 0 Å². The second-order valence-electron chi connectivity index (χ2n) is 4.88. The lowest BCUT2D eigenvalue weighted by atomic mass is 10.0. The minimum atomic E-state index is 0. The molecular weight excluding hydrogens is 210 g/mol. The van der Waals surface area contributed by atoms with Gasteiger partial charge in [-0.3, -0.25) is 4.90 Å². The fraction of sp³-hybridized carbons (Fsp3) is 1.00. The monoisotopic (exact) mass is 233 g/mol. The van der Waals surface area contributed by atoms with Crippen LogP contribution in [0, 0.1) is 0 Å². The van der Waals surface area contributed by atoms with Crippen LogP contribution >= 0.6 is 12.4 Å². The second-order valence-corrected chi connectivity index (χ2v) is 4.88. The SMILES string of the molecule is C[C@H]1CN(C2CCN(C)CC2)CCN1.Cl. The summed E-state index contributed by atoms with van der Waals surface area (Å²) >= 11 is 0. The Bertz CT molecular complexity index is 181. The zero-order valence-corrected chi connectivity index (χ0v) is 10.7. The van der Waals surface area contributed by atoms with E-state index in [0.29, 0.717) is 6.04 Å². The highest BCUT2D eigenvalue weighted by Crippen LogP contribution is 2.16. The van der Waals surface area contributed by atoms with E-state index < -0.39 is 0 Å². The van der Waals surface area contributed by atoms with Crippen LogP contribution in [0.4, 0.5) is 0 Å². The van der Waals surface area contributed by atoms with Crippen molar-refractivity contribution in [1.29, 1.82) is 0 Å². The van der Waals surface area contributed by atoms with Gasteiger partial charge in [0.2, 0.25) is 0 Å². The van der Waals surface area contributed by atoms with Gasteiger partial charge in [-0.15, -0.1) is 12.4 Å². The summed E-state index contributed by atoms with van der Waals surface area (Å²) in [5, 5.41) is 3.51. The number of nitrogens with zero attached hydrogens (tertiary/aromatic N) is 2. The molecule has 2 aliphatic rings. The Balaban J connectivity index is 0.00000112. The first kappa shape index (κ1) is 13.2. The lowest BCUT2D eigenvalue weighted by Gasteiger charge is -2.41. The number of hydrogen-bond acceptors (Lipinski definition) is 3. The minimum absolute atomic E-state index is 0. The highest BCUT2D eigenvalue weighted by atomic mass is 35.5. The Morgan fingerprint density at radius 2 is 1.80 bits per heavy atom. The van der Waals surface area contributed by atoms with Crippen LogP contribution in [-0.2, 0) is 0 Å². The van der Waals surface area contributed by atoms with Gasteiger partial charge in [-0.05, 0) is 39.9 Å². The molecular formula is C11H24ClN3. The largest absolute Gasteiger partial charge is 0.312 e. The van der Waals surface area contributed by atoms with Gasteiger partial charge < -0.3 is 10.2 Å². The molecule has 0 radical (unpaired) electrons. The molecule has 0 aromatic rings. The molecule has 0 aromatic carbocycles. The third-order valence-electron chi connectivity index (χ3n) is 3.60. The number of hydrogen-bond donors (Lipinski definition) is 1. The van der Waals surface area contributed by atoms with E-state index in [1.807, 2.05) is 0 Å². The number of nitrogens with one attached hydrogen (secondary N) is 1. The van der Waals surface area contributed by atoms with E-state index in [1.54, 1.807) is 0 Å². The number of halogens is 1. The van der Waals surface area contributed by atoms with E-state index in [4.69, 9.17) is 0 Å². The fourth-order valence-corrected chi connectivity index (χ4v) is 2.65. The predicted octanol–water partition coefficient (Wildman–Crippen LogP) is 0.796. The molecule has 4 heteroatoms. The van der Waals surface area contributed by atoms with Crippen molar-refractivity contribution in [2.24, 2.45) is 0 Å². The average molecular weight is 234 g/mol. The highest BCUT2D eigenvalue weighted by Gasteiger charge is 2.25. The van der Waals surface area contributed by atoms with Crippen LogP contribution in [0.25, 0.3) is 0 Å². The van der Waals surface area contributed by atoms with E-state index in [1.165, 1.54) is 45.6 Å². The van der Waals surface area contributed by atoms with E-state index in [-0.39, 0.29) is 12.4 Å². The molecule has 0 unspecified atom stereocenters. The lowest BCUT2D eigenvalue weighted by Crippen LogP contribution is -2.54. The van der Waals surface area contributed by atoms with Crippen molar-refractivity contribution >= 4 is 12.4 Å². The van der Waals surface area contributed by atoms with Crippen LogP contribution in [0.2, 0.25) is 0 Å². The third-order valence-corrected chi connectivity index (χ3v) is 3.60. The topological polar surface area (TPSA) is 18.5 Å².